The molecule has 0 spiro atoms. The molecule has 0 aliphatic heterocycles. The van der Waals surface area contributed by atoms with Crippen molar-refractivity contribution in [3.63, 3.8) is 0 Å². The van der Waals surface area contributed by atoms with E-state index in [9.17, 15) is 0 Å². The van der Waals surface area contributed by atoms with Crippen molar-refractivity contribution in [2.75, 3.05) is 0 Å². The van der Waals surface area contributed by atoms with Crippen LogP contribution in [0, 0.1) is 0 Å². The lowest BCUT2D eigenvalue weighted by Gasteiger charge is -2.11. The topological polar surface area (TPSA) is 0 Å². The maximum Gasteiger partial charge on any atom is -0.00259 e. The molecule has 110 valence electrons. The molecule has 0 nitrogen and oxygen atoms in total. The first-order chi connectivity index (χ1) is 11.9. The second kappa shape index (κ2) is 4.24. The Bertz CT molecular complexity index is 1340. The molecule has 1 aliphatic rings. The molecule has 24 heavy (non-hydrogen) atoms. The van der Waals surface area contributed by atoms with E-state index in [0.29, 0.717) is 0 Å². The van der Waals surface area contributed by atoms with Crippen LogP contribution in [0.2, 0.25) is 0 Å². The SMILES string of the molecule is C1=Cc2c3ccccc3cc3c2c1cc1cc2ccccc2cc13. The van der Waals surface area contributed by atoms with Crippen molar-refractivity contribution in [1.82, 2.24) is 0 Å². The van der Waals surface area contributed by atoms with Crippen LogP contribution < -0.4 is 0 Å². The average Bonchev–Trinajstić information content (AvgIpc) is 3.05. The molecule has 0 atom stereocenters. The third-order valence-electron chi connectivity index (χ3n) is 5.33. The summed E-state index contributed by atoms with van der Waals surface area (Å²) < 4.78 is 0. The van der Waals surface area contributed by atoms with Gasteiger partial charge in [0.05, 0.1) is 0 Å². The normalized spacial score (nSPS) is 12.8. The van der Waals surface area contributed by atoms with Crippen LogP contribution in [-0.4, -0.2) is 0 Å². The van der Waals surface area contributed by atoms with Gasteiger partial charge in [-0.3, -0.25) is 0 Å². The number of benzene rings is 5. The standard InChI is InChI=1S/C24H14/c1-2-6-16-13-22-19(11-15(16)5-1)12-18-9-10-21-20-8-4-3-7-17(20)14-23(22)24(18)21/h1-14H. The molecule has 0 radical (unpaired) electrons. The average molecular weight is 302 g/mol. The zero-order valence-electron chi connectivity index (χ0n) is 13.1. The second-order valence-electron chi connectivity index (χ2n) is 6.65. The van der Waals surface area contributed by atoms with E-state index >= 15 is 0 Å². The maximum atomic E-state index is 2.36. The van der Waals surface area contributed by atoms with Gasteiger partial charge in [-0.05, 0) is 78.5 Å². The molecular formula is C24H14. The molecule has 0 N–H and O–H groups in total. The van der Waals surface area contributed by atoms with Gasteiger partial charge in [-0.25, -0.2) is 0 Å². The van der Waals surface area contributed by atoms with Gasteiger partial charge in [0.25, 0.3) is 0 Å². The first-order valence-corrected chi connectivity index (χ1v) is 8.37. The van der Waals surface area contributed by atoms with Crippen LogP contribution in [0.5, 0.6) is 0 Å². The minimum atomic E-state index is 1.31. The molecule has 5 aromatic rings. The van der Waals surface area contributed by atoms with Crippen molar-refractivity contribution in [3.8, 4) is 0 Å². The predicted molar refractivity (Wildman–Crippen MR) is 105 cm³/mol. The Morgan fingerprint density at radius 2 is 1.17 bits per heavy atom. The van der Waals surface area contributed by atoms with Crippen LogP contribution in [-0.2, 0) is 0 Å². The van der Waals surface area contributed by atoms with Crippen molar-refractivity contribution >= 4 is 55.2 Å². The molecule has 5 aromatic carbocycles. The summed E-state index contributed by atoms with van der Waals surface area (Å²) >= 11 is 0. The summed E-state index contributed by atoms with van der Waals surface area (Å²) in [6, 6.07) is 26.7. The van der Waals surface area contributed by atoms with Gasteiger partial charge in [0.2, 0.25) is 0 Å². The molecule has 0 amide bonds. The summed E-state index contributed by atoms with van der Waals surface area (Å²) in [6.45, 7) is 0. The number of fused-ring (bicyclic) bond motifs is 5. The first-order valence-electron chi connectivity index (χ1n) is 8.37. The van der Waals surface area contributed by atoms with Gasteiger partial charge in [0, 0.05) is 0 Å². The molecular weight excluding hydrogens is 288 g/mol. The van der Waals surface area contributed by atoms with Crippen molar-refractivity contribution in [3.05, 3.63) is 83.9 Å². The smallest absolute Gasteiger partial charge is 0.00259 e. The van der Waals surface area contributed by atoms with Crippen LogP contribution in [0.25, 0.3) is 55.2 Å². The fourth-order valence-corrected chi connectivity index (χ4v) is 4.23. The van der Waals surface area contributed by atoms with Crippen LogP contribution in [0.4, 0.5) is 0 Å². The van der Waals surface area contributed by atoms with Crippen LogP contribution >= 0.6 is 0 Å². The Balaban J connectivity index is 1.92. The van der Waals surface area contributed by atoms with Crippen LogP contribution in [0.1, 0.15) is 11.1 Å². The summed E-state index contributed by atoms with van der Waals surface area (Å²) in [5, 5.41) is 10.7. The van der Waals surface area contributed by atoms with E-state index < -0.39 is 0 Å². The summed E-state index contributed by atoms with van der Waals surface area (Å²) in [6.07, 6.45) is 4.54. The van der Waals surface area contributed by atoms with Crippen molar-refractivity contribution in [1.29, 1.82) is 0 Å². The fourth-order valence-electron chi connectivity index (χ4n) is 4.23. The van der Waals surface area contributed by atoms with Gasteiger partial charge >= 0.3 is 0 Å². The number of hydrogen-bond acceptors (Lipinski definition) is 0. The highest BCUT2D eigenvalue weighted by Gasteiger charge is 2.15. The molecule has 1 aliphatic carbocycles. The molecule has 0 bridgehead atoms. The van der Waals surface area contributed by atoms with Crippen LogP contribution in [0.3, 0.4) is 0 Å². The quantitative estimate of drug-likeness (QED) is 0.214. The monoisotopic (exact) mass is 302 g/mol. The van der Waals surface area contributed by atoms with E-state index in [1.54, 1.807) is 0 Å². The minimum Gasteiger partial charge on any atom is -0.0616 e. The van der Waals surface area contributed by atoms with Gasteiger partial charge in [-0.1, -0.05) is 60.7 Å². The highest BCUT2D eigenvalue weighted by Crippen LogP contribution is 2.41. The largest absolute Gasteiger partial charge is 0.0616 e. The summed E-state index contributed by atoms with van der Waals surface area (Å²) in [5.41, 5.74) is 2.71. The molecule has 0 fully saturated rings. The van der Waals surface area contributed by atoms with E-state index in [4.69, 9.17) is 0 Å². The lowest BCUT2D eigenvalue weighted by Crippen LogP contribution is -1.86. The predicted octanol–water partition coefficient (Wildman–Crippen LogP) is 6.78. The summed E-state index contributed by atoms with van der Waals surface area (Å²) in [5.74, 6) is 0. The maximum absolute atomic E-state index is 2.36. The Kier molecular flexibility index (Phi) is 2.18. The Morgan fingerprint density at radius 3 is 2.04 bits per heavy atom. The molecule has 0 unspecified atom stereocenters. The number of rotatable bonds is 0. The highest BCUT2D eigenvalue weighted by molar-refractivity contribution is 6.23. The van der Waals surface area contributed by atoms with E-state index in [-0.39, 0.29) is 0 Å². The Morgan fingerprint density at radius 1 is 0.458 bits per heavy atom. The minimum absolute atomic E-state index is 1.31. The van der Waals surface area contributed by atoms with E-state index in [1.165, 1.54) is 54.2 Å². The molecule has 0 saturated carbocycles. The van der Waals surface area contributed by atoms with Crippen molar-refractivity contribution in [2.24, 2.45) is 0 Å². The summed E-state index contributed by atoms with van der Waals surface area (Å²) in [7, 11) is 0. The van der Waals surface area contributed by atoms with E-state index in [1.807, 2.05) is 0 Å². The lowest BCUT2D eigenvalue weighted by atomic mass is 9.92. The molecule has 0 heterocycles. The second-order valence-corrected chi connectivity index (χ2v) is 6.65. The molecule has 0 saturated heterocycles. The zero-order chi connectivity index (χ0) is 15.7. The van der Waals surface area contributed by atoms with Gasteiger partial charge < -0.3 is 0 Å². The van der Waals surface area contributed by atoms with Gasteiger partial charge in [0.1, 0.15) is 0 Å². The highest BCUT2D eigenvalue weighted by atomic mass is 14.2. The fraction of sp³-hybridized carbons (Fsp3) is 0. The Hall–Kier alpha value is -3.12. The van der Waals surface area contributed by atoms with Gasteiger partial charge in [0.15, 0.2) is 0 Å². The first kappa shape index (κ1) is 12.3. The molecule has 0 heteroatoms. The van der Waals surface area contributed by atoms with Crippen molar-refractivity contribution < 1.29 is 0 Å². The van der Waals surface area contributed by atoms with Gasteiger partial charge in [-0.15, -0.1) is 0 Å². The molecule has 6 rings (SSSR count). The third-order valence-corrected chi connectivity index (χ3v) is 5.33. The van der Waals surface area contributed by atoms with Crippen molar-refractivity contribution in [2.45, 2.75) is 0 Å². The summed E-state index contributed by atoms with van der Waals surface area (Å²) in [4.78, 5) is 0. The van der Waals surface area contributed by atoms with E-state index in [2.05, 4.69) is 84.9 Å². The number of hydrogen-bond donors (Lipinski definition) is 0. The van der Waals surface area contributed by atoms with E-state index in [0.717, 1.165) is 0 Å². The van der Waals surface area contributed by atoms with Crippen LogP contribution in [0.15, 0.2) is 72.8 Å². The van der Waals surface area contributed by atoms with Gasteiger partial charge in [-0.2, -0.15) is 0 Å². The molecule has 0 aromatic heterocycles. The Labute approximate surface area is 139 Å². The lowest BCUT2D eigenvalue weighted by molar-refractivity contribution is 1.76. The third kappa shape index (κ3) is 1.48. The zero-order valence-corrected chi connectivity index (χ0v) is 13.1.